The van der Waals surface area contributed by atoms with Gasteiger partial charge in [-0.1, -0.05) is 31.5 Å². The third kappa shape index (κ3) is 10.3. The summed E-state index contributed by atoms with van der Waals surface area (Å²) in [5.74, 6) is 0.111. The maximum Gasteiger partial charge on any atom is 0.251 e. The molecule has 0 spiro atoms. The molecular formula is C30H37ClN6O4. The number of ether oxygens (including phenoxy) is 1. The highest BCUT2D eigenvalue weighted by atomic mass is 35.5. The predicted octanol–water partition coefficient (Wildman–Crippen LogP) is 4.06. The first kappa shape index (κ1) is 31.3. The smallest absolute Gasteiger partial charge is 0.251 e. The van der Waals surface area contributed by atoms with Gasteiger partial charge in [0.15, 0.2) is 5.96 Å². The zero-order valence-corrected chi connectivity index (χ0v) is 24.1. The lowest BCUT2D eigenvalue weighted by Gasteiger charge is -2.32. The Bertz CT molecular complexity index is 1350. The fraction of sp³-hybridized carbons (Fsp3) is 0.300. The summed E-state index contributed by atoms with van der Waals surface area (Å²) in [5, 5.41) is 3.45. The monoisotopic (exact) mass is 580 g/mol. The van der Waals surface area contributed by atoms with Crippen LogP contribution in [-0.2, 0) is 11.3 Å². The van der Waals surface area contributed by atoms with E-state index < -0.39 is 5.41 Å². The van der Waals surface area contributed by atoms with Crippen LogP contribution in [0.2, 0.25) is 5.02 Å². The van der Waals surface area contributed by atoms with Gasteiger partial charge in [0.1, 0.15) is 5.75 Å². The molecule has 1 aromatic heterocycles. The Morgan fingerprint density at radius 3 is 2.54 bits per heavy atom. The largest absolute Gasteiger partial charge is 0.492 e. The molecule has 0 aliphatic heterocycles. The fourth-order valence-electron chi connectivity index (χ4n) is 3.97. The highest BCUT2D eigenvalue weighted by molar-refractivity contribution is 6.32. The average Bonchev–Trinajstić information content (AvgIpc) is 3.46. The van der Waals surface area contributed by atoms with Crippen molar-refractivity contribution in [1.82, 2.24) is 10.2 Å². The zero-order chi connectivity index (χ0) is 29.8. The summed E-state index contributed by atoms with van der Waals surface area (Å²) in [6.07, 6.45) is 6.90. The maximum atomic E-state index is 13.2. The van der Waals surface area contributed by atoms with Crippen molar-refractivity contribution >= 4 is 41.1 Å². The van der Waals surface area contributed by atoms with E-state index in [9.17, 15) is 9.59 Å². The van der Waals surface area contributed by atoms with Gasteiger partial charge >= 0.3 is 0 Å². The number of carbonyl (C=O) groups excluding carboxylic acids is 2. The molecule has 0 aliphatic rings. The standard InChI is InChI=1S/C30H37ClN6O4/c1-30(2,19-35-28(39)23-6-8-24(9-7-23)36-29(33)34)20-37(27(38)11-5-21-12-15-40-18-21)13-3-14-41-26-10-4-22(17-32)16-25(26)31/h4-12,15-16,18H,3,13-14,17,19-20,32H2,1-2H3,(H,35,39)(H4,33,34,36). The van der Waals surface area contributed by atoms with E-state index in [0.29, 0.717) is 61.2 Å². The molecule has 218 valence electrons. The second-order valence-corrected chi connectivity index (χ2v) is 10.7. The summed E-state index contributed by atoms with van der Waals surface area (Å²) in [7, 11) is 0. The van der Waals surface area contributed by atoms with Gasteiger partial charge in [-0.05, 0) is 65.9 Å². The lowest BCUT2D eigenvalue weighted by Crippen LogP contribution is -2.44. The normalized spacial score (nSPS) is 11.3. The van der Waals surface area contributed by atoms with Crippen LogP contribution in [0.1, 0.15) is 41.8 Å². The maximum absolute atomic E-state index is 13.2. The van der Waals surface area contributed by atoms with Crippen LogP contribution >= 0.6 is 11.6 Å². The van der Waals surface area contributed by atoms with Gasteiger partial charge in [-0.3, -0.25) is 9.59 Å². The molecule has 0 radical (unpaired) electrons. The number of furan rings is 1. The van der Waals surface area contributed by atoms with Gasteiger partial charge in [0, 0.05) is 43.4 Å². The van der Waals surface area contributed by atoms with E-state index in [1.807, 2.05) is 19.9 Å². The molecule has 7 N–H and O–H groups in total. The molecule has 2 aromatic carbocycles. The van der Waals surface area contributed by atoms with Crippen molar-refractivity contribution in [2.45, 2.75) is 26.8 Å². The van der Waals surface area contributed by atoms with Gasteiger partial charge in [0.05, 0.1) is 29.8 Å². The van der Waals surface area contributed by atoms with Crippen LogP contribution in [-0.4, -0.2) is 48.9 Å². The highest BCUT2D eigenvalue weighted by Crippen LogP contribution is 2.25. The van der Waals surface area contributed by atoms with Crippen molar-refractivity contribution in [3.63, 3.8) is 0 Å². The number of benzene rings is 2. The van der Waals surface area contributed by atoms with Crippen molar-refractivity contribution in [3.8, 4) is 5.75 Å². The molecule has 0 fully saturated rings. The number of hydrogen-bond donors (Lipinski definition) is 4. The summed E-state index contributed by atoms with van der Waals surface area (Å²) >= 11 is 6.30. The quantitative estimate of drug-likeness (QED) is 0.0966. The van der Waals surface area contributed by atoms with E-state index in [2.05, 4.69) is 10.3 Å². The molecule has 1 heterocycles. The van der Waals surface area contributed by atoms with Crippen molar-refractivity contribution in [2.75, 3.05) is 26.2 Å². The summed E-state index contributed by atoms with van der Waals surface area (Å²) in [5.41, 5.74) is 18.8. The van der Waals surface area contributed by atoms with Crippen molar-refractivity contribution in [2.24, 2.45) is 27.6 Å². The van der Waals surface area contributed by atoms with E-state index in [-0.39, 0.29) is 17.8 Å². The van der Waals surface area contributed by atoms with Crippen molar-refractivity contribution in [3.05, 3.63) is 88.8 Å². The second kappa shape index (κ2) is 14.9. The van der Waals surface area contributed by atoms with Crippen LogP contribution in [0.25, 0.3) is 6.08 Å². The number of aliphatic imine (C=N–C) groups is 1. The Labute approximate surface area is 245 Å². The number of amides is 2. The number of nitrogens with one attached hydrogen (secondary N) is 1. The SMILES string of the molecule is CC(C)(CNC(=O)c1ccc(N=C(N)N)cc1)CN(CCCOc1ccc(CN)cc1Cl)C(=O)C=Cc1ccoc1. The summed E-state index contributed by atoms with van der Waals surface area (Å²) in [6.45, 7) is 5.93. The fourth-order valence-corrected chi connectivity index (χ4v) is 4.22. The summed E-state index contributed by atoms with van der Waals surface area (Å²) in [6, 6.07) is 13.8. The van der Waals surface area contributed by atoms with Gasteiger partial charge in [-0.15, -0.1) is 0 Å². The van der Waals surface area contributed by atoms with Crippen LogP contribution in [0, 0.1) is 5.41 Å². The van der Waals surface area contributed by atoms with E-state index in [0.717, 1.165) is 11.1 Å². The van der Waals surface area contributed by atoms with Gasteiger partial charge in [0.25, 0.3) is 5.91 Å². The number of guanidine groups is 1. The van der Waals surface area contributed by atoms with Gasteiger partial charge in [-0.25, -0.2) is 4.99 Å². The molecule has 0 atom stereocenters. The lowest BCUT2D eigenvalue weighted by molar-refractivity contribution is -0.127. The third-order valence-electron chi connectivity index (χ3n) is 6.07. The highest BCUT2D eigenvalue weighted by Gasteiger charge is 2.25. The molecular weight excluding hydrogens is 544 g/mol. The molecule has 0 aliphatic carbocycles. The second-order valence-electron chi connectivity index (χ2n) is 10.3. The van der Waals surface area contributed by atoms with Gasteiger partial charge < -0.3 is 36.6 Å². The number of halogens is 1. The van der Waals surface area contributed by atoms with E-state index in [4.69, 9.17) is 38.0 Å². The minimum absolute atomic E-state index is 0.0563. The van der Waals surface area contributed by atoms with E-state index in [1.54, 1.807) is 66.0 Å². The Morgan fingerprint density at radius 2 is 1.90 bits per heavy atom. The molecule has 0 unspecified atom stereocenters. The Balaban J connectivity index is 1.60. The Morgan fingerprint density at radius 1 is 1.15 bits per heavy atom. The lowest BCUT2D eigenvalue weighted by atomic mass is 9.92. The minimum Gasteiger partial charge on any atom is -0.492 e. The van der Waals surface area contributed by atoms with Crippen LogP contribution in [0.5, 0.6) is 5.75 Å². The van der Waals surface area contributed by atoms with E-state index >= 15 is 0 Å². The average molecular weight is 581 g/mol. The van der Waals surface area contributed by atoms with Crippen LogP contribution < -0.4 is 27.3 Å². The topological polar surface area (TPSA) is 162 Å². The number of nitrogens with two attached hydrogens (primary N) is 3. The number of carbonyl (C=O) groups is 2. The number of hydrogen-bond acceptors (Lipinski definition) is 6. The van der Waals surface area contributed by atoms with Crippen LogP contribution in [0.4, 0.5) is 5.69 Å². The molecule has 3 rings (SSSR count). The predicted molar refractivity (Wildman–Crippen MR) is 162 cm³/mol. The molecule has 2 amide bonds. The third-order valence-corrected chi connectivity index (χ3v) is 6.36. The van der Waals surface area contributed by atoms with Crippen molar-refractivity contribution in [1.29, 1.82) is 0 Å². The zero-order valence-electron chi connectivity index (χ0n) is 23.3. The molecule has 11 heteroatoms. The number of rotatable bonds is 14. The Hall–Kier alpha value is -4.28. The van der Waals surface area contributed by atoms with Crippen LogP contribution in [0.15, 0.2) is 76.5 Å². The van der Waals surface area contributed by atoms with Gasteiger partial charge in [0.2, 0.25) is 5.91 Å². The van der Waals surface area contributed by atoms with Crippen molar-refractivity contribution < 1.29 is 18.7 Å². The molecule has 41 heavy (non-hydrogen) atoms. The summed E-state index contributed by atoms with van der Waals surface area (Å²) in [4.78, 5) is 31.7. The first-order valence-electron chi connectivity index (χ1n) is 13.1. The molecule has 0 saturated carbocycles. The Kier molecular flexibility index (Phi) is 11.4. The summed E-state index contributed by atoms with van der Waals surface area (Å²) < 4.78 is 10.9. The molecule has 0 saturated heterocycles. The van der Waals surface area contributed by atoms with E-state index in [1.165, 1.54) is 6.08 Å². The molecule has 3 aromatic rings. The first-order valence-corrected chi connectivity index (χ1v) is 13.5. The minimum atomic E-state index is -0.435. The first-order chi connectivity index (χ1) is 19.6. The van der Waals surface area contributed by atoms with Gasteiger partial charge in [-0.2, -0.15) is 0 Å². The molecule has 0 bridgehead atoms. The number of nitrogens with zero attached hydrogens (tertiary/aromatic N) is 2. The van der Waals surface area contributed by atoms with Crippen LogP contribution in [0.3, 0.4) is 0 Å². The molecule has 10 nitrogen and oxygen atoms in total.